The molecule has 1 fully saturated rings. The van der Waals surface area contributed by atoms with Gasteiger partial charge < -0.3 is 14.2 Å². The Morgan fingerprint density at radius 3 is 2.28 bits per heavy atom. The molecule has 5 nitrogen and oxygen atoms in total. The number of hydrogen-bond donors (Lipinski definition) is 0. The SMILES string of the molecule is O=C(c1ccc(-c2cnco2)cc1)N1CCN(c2ccccc2)CC1. The average molecular weight is 333 g/mol. The van der Waals surface area contributed by atoms with Crippen molar-refractivity contribution >= 4 is 11.6 Å². The van der Waals surface area contributed by atoms with Crippen LogP contribution in [0.3, 0.4) is 0 Å². The molecule has 2 aromatic carbocycles. The molecule has 126 valence electrons. The third kappa shape index (κ3) is 3.26. The highest BCUT2D eigenvalue weighted by molar-refractivity contribution is 5.94. The van der Waals surface area contributed by atoms with E-state index < -0.39 is 0 Å². The van der Waals surface area contributed by atoms with Gasteiger partial charge in [-0.15, -0.1) is 0 Å². The Labute approximate surface area is 146 Å². The first-order valence-corrected chi connectivity index (χ1v) is 8.39. The van der Waals surface area contributed by atoms with Crippen molar-refractivity contribution in [2.75, 3.05) is 31.1 Å². The van der Waals surface area contributed by atoms with Crippen molar-refractivity contribution in [3.8, 4) is 11.3 Å². The van der Waals surface area contributed by atoms with E-state index in [9.17, 15) is 4.79 Å². The summed E-state index contributed by atoms with van der Waals surface area (Å²) in [5.74, 6) is 0.785. The van der Waals surface area contributed by atoms with Gasteiger partial charge in [0, 0.05) is 43.0 Å². The van der Waals surface area contributed by atoms with Crippen molar-refractivity contribution in [1.29, 1.82) is 0 Å². The van der Waals surface area contributed by atoms with Crippen LogP contribution in [0.1, 0.15) is 10.4 Å². The first-order valence-electron chi connectivity index (χ1n) is 8.39. The monoisotopic (exact) mass is 333 g/mol. The maximum Gasteiger partial charge on any atom is 0.253 e. The van der Waals surface area contributed by atoms with Gasteiger partial charge >= 0.3 is 0 Å². The Hall–Kier alpha value is -3.08. The van der Waals surface area contributed by atoms with Gasteiger partial charge in [-0.3, -0.25) is 4.79 Å². The lowest BCUT2D eigenvalue weighted by atomic mass is 10.1. The Morgan fingerprint density at radius 2 is 1.64 bits per heavy atom. The molecular formula is C20H19N3O2. The summed E-state index contributed by atoms with van der Waals surface area (Å²) in [6.07, 6.45) is 3.07. The van der Waals surface area contributed by atoms with Crippen LogP contribution in [0, 0.1) is 0 Å². The zero-order valence-corrected chi connectivity index (χ0v) is 13.8. The van der Waals surface area contributed by atoms with Crippen molar-refractivity contribution in [2.24, 2.45) is 0 Å². The molecule has 1 aliphatic rings. The van der Waals surface area contributed by atoms with Gasteiger partial charge in [-0.25, -0.2) is 4.98 Å². The number of hydrogen-bond acceptors (Lipinski definition) is 4. The summed E-state index contributed by atoms with van der Waals surface area (Å²) in [6, 6.07) is 17.8. The first-order chi connectivity index (χ1) is 12.3. The summed E-state index contributed by atoms with van der Waals surface area (Å²) in [7, 11) is 0. The lowest BCUT2D eigenvalue weighted by Gasteiger charge is -2.36. The van der Waals surface area contributed by atoms with Crippen LogP contribution >= 0.6 is 0 Å². The van der Waals surface area contributed by atoms with Crippen LogP contribution in [0.4, 0.5) is 5.69 Å². The summed E-state index contributed by atoms with van der Waals surface area (Å²) in [4.78, 5) is 20.9. The molecule has 0 N–H and O–H groups in total. The van der Waals surface area contributed by atoms with E-state index in [0.29, 0.717) is 11.3 Å². The van der Waals surface area contributed by atoms with Gasteiger partial charge in [-0.2, -0.15) is 0 Å². The zero-order chi connectivity index (χ0) is 17.1. The molecular weight excluding hydrogens is 314 g/mol. The summed E-state index contributed by atoms with van der Waals surface area (Å²) in [6.45, 7) is 3.17. The van der Waals surface area contributed by atoms with E-state index >= 15 is 0 Å². The van der Waals surface area contributed by atoms with Crippen molar-refractivity contribution in [1.82, 2.24) is 9.88 Å². The van der Waals surface area contributed by atoms with Crippen LogP contribution < -0.4 is 4.90 Å². The molecule has 3 aromatic rings. The molecule has 0 unspecified atom stereocenters. The summed E-state index contributed by atoms with van der Waals surface area (Å²) in [5.41, 5.74) is 2.84. The number of rotatable bonds is 3. The molecule has 4 rings (SSSR count). The molecule has 1 saturated heterocycles. The minimum Gasteiger partial charge on any atom is -0.444 e. The quantitative estimate of drug-likeness (QED) is 0.738. The second kappa shape index (κ2) is 6.81. The number of benzene rings is 2. The fourth-order valence-electron chi connectivity index (χ4n) is 3.12. The highest BCUT2D eigenvalue weighted by Gasteiger charge is 2.22. The van der Waals surface area contributed by atoms with Gasteiger partial charge in [0.15, 0.2) is 12.2 Å². The van der Waals surface area contributed by atoms with Crippen LogP contribution in [-0.4, -0.2) is 42.0 Å². The van der Waals surface area contributed by atoms with Crippen LogP contribution in [0.15, 0.2) is 71.6 Å². The van der Waals surface area contributed by atoms with Crippen molar-refractivity contribution < 1.29 is 9.21 Å². The van der Waals surface area contributed by atoms with Crippen LogP contribution in [0.5, 0.6) is 0 Å². The number of amides is 1. The molecule has 0 radical (unpaired) electrons. The van der Waals surface area contributed by atoms with Gasteiger partial charge in [0.05, 0.1) is 6.20 Å². The fraction of sp³-hybridized carbons (Fsp3) is 0.200. The molecule has 1 aliphatic heterocycles. The average Bonchev–Trinajstić information content (AvgIpc) is 3.23. The summed E-state index contributed by atoms with van der Waals surface area (Å²) >= 11 is 0. The second-order valence-corrected chi connectivity index (χ2v) is 6.06. The van der Waals surface area contributed by atoms with E-state index in [-0.39, 0.29) is 5.91 Å². The number of piperazine rings is 1. The fourth-order valence-corrected chi connectivity index (χ4v) is 3.12. The molecule has 2 heterocycles. The van der Waals surface area contributed by atoms with E-state index in [2.05, 4.69) is 22.0 Å². The molecule has 0 atom stereocenters. The summed E-state index contributed by atoms with van der Waals surface area (Å²) < 4.78 is 5.28. The third-order valence-electron chi connectivity index (χ3n) is 4.54. The maximum absolute atomic E-state index is 12.7. The molecule has 1 aromatic heterocycles. The van der Waals surface area contributed by atoms with E-state index in [0.717, 1.165) is 31.7 Å². The number of oxazole rings is 1. The Balaban J connectivity index is 1.40. The van der Waals surface area contributed by atoms with E-state index in [1.807, 2.05) is 47.4 Å². The second-order valence-electron chi connectivity index (χ2n) is 6.06. The Morgan fingerprint density at radius 1 is 0.920 bits per heavy atom. The van der Waals surface area contributed by atoms with Gasteiger partial charge in [0.2, 0.25) is 0 Å². The van der Waals surface area contributed by atoms with Gasteiger partial charge in [-0.1, -0.05) is 30.3 Å². The van der Waals surface area contributed by atoms with Gasteiger partial charge in [0.25, 0.3) is 5.91 Å². The summed E-state index contributed by atoms with van der Waals surface area (Å²) in [5, 5.41) is 0. The third-order valence-corrected chi connectivity index (χ3v) is 4.54. The highest BCUT2D eigenvalue weighted by atomic mass is 16.3. The minimum atomic E-state index is 0.0804. The van der Waals surface area contributed by atoms with Crippen molar-refractivity contribution in [3.63, 3.8) is 0 Å². The number of carbonyl (C=O) groups excluding carboxylic acids is 1. The maximum atomic E-state index is 12.7. The van der Waals surface area contributed by atoms with E-state index in [1.54, 1.807) is 6.20 Å². The Bertz CT molecular complexity index is 821. The lowest BCUT2D eigenvalue weighted by molar-refractivity contribution is 0.0747. The van der Waals surface area contributed by atoms with Crippen molar-refractivity contribution in [3.05, 3.63) is 72.8 Å². The first kappa shape index (κ1) is 15.4. The predicted octanol–water partition coefficient (Wildman–Crippen LogP) is 3.30. The molecule has 1 amide bonds. The predicted molar refractivity (Wildman–Crippen MR) is 96.5 cm³/mol. The van der Waals surface area contributed by atoms with E-state index in [1.165, 1.54) is 12.1 Å². The number of carbonyl (C=O) groups is 1. The molecule has 0 aliphatic carbocycles. The molecule has 25 heavy (non-hydrogen) atoms. The number of anilines is 1. The Kier molecular flexibility index (Phi) is 4.21. The number of para-hydroxylation sites is 1. The van der Waals surface area contributed by atoms with Crippen LogP contribution in [-0.2, 0) is 0 Å². The normalized spacial score (nSPS) is 14.6. The number of nitrogens with zero attached hydrogens (tertiary/aromatic N) is 3. The van der Waals surface area contributed by atoms with Crippen LogP contribution in [0.25, 0.3) is 11.3 Å². The number of aromatic nitrogens is 1. The topological polar surface area (TPSA) is 49.6 Å². The van der Waals surface area contributed by atoms with Crippen LogP contribution in [0.2, 0.25) is 0 Å². The standard InChI is InChI=1S/C20H19N3O2/c24-20(17-8-6-16(7-9-17)19-14-21-15-25-19)23-12-10-22(11-13-23)18-4-2-1-3-5-18/h1-9,14-15H,10-13H2. The minimum absolute atomic E-state index is 0.0804. The molecule has 0 spiro atoms. The largest absolute Gasteiger partial charge is 0.444 e. The zero-order valence-electron chi connectivity index (χ0n) is 13.8. The van der Waals surface area contributed by atoms with Gasteiger partial charge in [0.1, 0.15) is 0 Å². The lowest BCUT2D eigenvalue weighted by Crippen LogP contribution is -2.48. The molecule has 0 bridgehead atoms. The molecule has 0 saturated carbocycles. The van der Waals surface area contributed by atoms with Gasteiger partial charge in [-0.05, 0) is 24.3 Å². The molecule has 5 heteroatoms. The highest BCUT2D eigenvalue weighted by Crippen LogP contribution is 2.20. The van der Waals surface area contributed by atoms with E-state index in [4.69, 9.17) is 4.42 Å². The van der Waals surface area contributed by atoms with Crippen molar-refractivity contribution in [2.45, 2.75) is 0 Å². The smallest absolute Gasteiger partial charge is 0.253 e.